The second kappa shape index (κ2) is 5.65. The molecule has 110 valence electrons. The van der Waals surface area contributed by atoms with Crippen LogP contribution in [-0.4, -0.2) is 28.1 Å². The smallest absolute Gasteiger partial charge is 0.240 e. The van der Waals surface area contributed by atoms with E-state index >= 15 is 0 Å². The van der Waals surface area contributed by atoms with Crippen molar-refractivity contribution in [2.24, 2.45) is 16.8 Å². The highest BCUT2D eigenvalue weighted by atomic mass is 16.2. The molecule has 0 saturated heterocycles. The Labute approximate surface area is 122 Å². The number of hydrogen-bond acceptors (Lipinski definition) is 4. The molecule has 2 aromatic rings. The number of fused-ring (bicyclic) bond motifs is 1. The van der Waals surface area contributed by atoms with Crippen molar-refractivity contribution in [2.75, 3.05) is 6.54 Å². The Morgan fingerprint density at radius 1 is 1.43 bits per heavy atom. The molecule has 1 atom stereocenters. The van der Waals surface area contributed by atoms with E-state index in [0.29, 0.717) is 13.0 Å². The first-order valence-corrected chi connectivity index (χ1v) is 7.23. The van der Waals surface area contributed by atoms with Gasteiger partial charge in [-0.15, -0.1) is 0 Å². The van der Waals surface area contributed by atoms with Crippen molar-refractivity contribution in [2.45, 2.75) is 26.2 Å². The second-order valence-corrected chi connectivity index (χ2v) is 5.44. The number of imidazole rings is 1. The zero-order valence-electron chi connectivity index (χ0n) is 12.0. The van der Waals surface area contributed by atoms with Crippen LogP contribution in [0, 0.1) is 5.92 Å². The minimum Gasteiger partial charge on any atom is -0.342 e. The van der Waals surface area contributed by atoms with E-state index < -0.39 is 0 Å². The fourth-order valence-electron chi connectivity index (χ4n) is 2.61. The number of carbonyl (C=O) groups is 1. The number of amides is 1. The summed E-state index contributed by atoms with van der Waals surface area (Å²) in [6.45, 7) is 2.68. The van der Waals surface area contributed by atoms with Crippen LogP contribution in [0.4, 0.5) is 0 Å². The number of aromatic nitrogens is 2. The lowest BCUT2D eigenvalue weighted by atomic mass is 9.94. The van der Waals surface area contributed by atoms with Crippen LogP contribution in [0.1, 0.15) is 31.2 Å². The first kappa shape index (κ1) is 13.8. The molecule has 3 rings (SSSR count). The Balaban J connectivity index is 1.92. The zero-order valence-corrected chi connectivity index (χ0v) is 12.0. The summed E-state index contributed by atoms with van der Waals surface area (Å²) in [6, 6.07) is 6.04. The van der Waals surface area contributed by atoms with Crippen molar-refractivity contribution in [1.82, 2.24) is 15.4 Å². The molecular weight excluding hydrogens is 266 g/mol. The van der Waals surface area contributed by atoms with Gasteiger partial charge in [-0.05, 0) is 25.1 Å². The number of benzene rings is 1. The van der Waals surface area contributed by atoms with Gasteiger partial charge >= 0.3 is 0 Å². The number of H-pyrrole nitrogens is 1. The van der Waals surface area contributed by atoms with Gasteiger partial charge in [0.15, 0.2) is 0 Å². The van der Waals surface area contributed by atoms with Crippen LogP contribution in [-0.2, 0) is 11.2 Å². The Kier molecular flexibility index (Phi) is 3.70. The number of carbonyl (C=O) groups excluding carboxylic acids is 1. The predicted molar refractivity (Wildman–Crippen MR) is 81.9 cm³/mol. The topological polar surface area (TPSA) is 96.2 Å². The molecule has 4 N–H and O–H groups in total. The van der Waals surface area contributed by atoms with E-state index in [-0.39, 0.29) is 11.8 Å². The van der Waals surface area contributed by atoms with Crippen molar-refractivity contribution in [3.63, 3.8) is 0 Å². The highest BCUT2D eigenvalue weighted by Crippen LogP contribution is 2.20. The summed E-state index contributed by atoms with van der Waals surface area (Å²) in [7, 11) is 0. The minimum atomic E-state index is -0.0313. The van der Waals surface area contributed by atoms with Gasteiger partial charge in [0.1, 0.15) is 5.82 Å². The standard InChI is InChI=1S/C15H19N5O/c1-9-7-14(21)19-20-15(9)10-4-5-11-12(8-10)18-13(17-11)3-2-6-16/h4-5,8-9H,2-3,6-7,16H2,1H3,(H,17,18)(H,19,21). The number of nitrogens with zero attached hydrogens (tertiary/aromatic N) is 2. The molecule has 0 spiro atoms. The normalized spacial score (nSPS) is 18.7. The molecule has 0 aliphatic carbocycles. The third kappa shape index (κ3) is 2.80. The monoisotopic (exact) mass is 285 g/mol. The number of nitrogens with two attached hydrogens (primary N) is 1. The summed E-state index contributed by atoms with van der Waals surface area (Å²) in [5.41, 5.74) is 11.9. The largest absolute Gasteiger partial charge is 0.342 e. The zero-order chi connectivity index (χ0) is 14.8. The lowest BCUT2D eigenvalue weighted by Gasteiger charge is -2.18. The van der Waals surface area contributed by atoms with E-state index in [1.165, 1.54) is 0 Å². The van der Waals surface area contributed by atoms with E-state index in [9.17, 15) is 4.79 Å². The molecule has 0 radical (unpaired) electrons. The lowest BCUT2D eigenvalue weighted by molar-refractivity contribution is -0.121. The average molecular weight is 285 g/mol. The highest BCUT2D eigenvalue weighted by Gasteiger charge is 2.21. The maximum Gasteiger partial charge on any atom is 0.240 e. The van der Waals surface area contributed by atoms with Crippen molar-refractivity contribution >= 4 is 22.7 Å². The molecule has 0 saturated carbocycles. The van der Waals surface area contributed by atoms with Crippen molar-refractivity contribution < 1.29 is 4.79 Å². The number of hydrogen-bond donors (Lipinski definition) is 3. The molecule has 2 heterocycles. The highest BCUT2D eigenvalue weighted by molar-refractivity contribution is 6.07. The van der Waals surface area contributed by atoms with E-state index in [2.05, 4.69) is 20.5 Å². The third-order valence-corrected chi connectivity index (χ3v) is 3.70. The summed E-state index contributed by atoms with van der Waals surface area (Å²) >= 11 is 0. The Morgan fingerprint density at radius 3 is 3.05 bits per heavy atom. The quantitative estimate of drug-likeness (QED) is 0.790. The number of rotatable bonds is 4. The van der Waals surface area contributed by atoms with Crippen LogP contribution in [0.2, 0.25) is 0 Å². The van der Waals surface area contributed by atoms with Gasteiger partial charge in [0.2, 0.25) is 5.91 Å². The number of hydrazone groups is 1. The Hall–Kier alpha value is -2.21. The van der Waals surface area contributed by atoms with Crippen LogP contribution in [0.5, 0.6) is 0 Å². The number of aromatic amines is 1. The van der Waals surface area contributed by atoms with Crippen LogP contribution in [0.25, 0.3) is 11.0 Å². The SMILES string of the molecule is CC1CC(=O)NN=C1c1ccc2[nH]c(CCCN)nc2c1. The van der Waals surface area contributed by atoms with Crippen LogP contribution < -0.4 is 11.2 Å². The van der Waals surface area contributed by atoms with Crippen LogP contribution in [0.3, 0.4) is 0 Å². The van der Waals surface area contributed by atoms with E-state index in [0.717, 1.165) is 41.0 Å². The lowest BCUT2D eigenvalue weighted by Crippen LogP contribution is -2.31. The molecule has 1 aromatic heterocycles. The first-order chi connectivity index (χ1) is 10.2. The molecule has 1 unspecified atom stereocenters. The van der Waals surface area contributed by atoms with Crippen LogP contribution >= 0.6 is 0 Å². The Morgan fingerprint density at radius 2 is 2.29 bits per heavy atom. The van der Waals surface area contributed by atoms with E-state index in [4.69, 9.17) is 5.73 Å². The summed E-state index contributed by atoms with van der Waals surface area (Å²) in [4.78, 5) is 19.2. The van der Waals surface area contributed by atoms with Gasteiger partial charge in [-0.25, -0.2) is 10.4 Å². The van der Waals surface area contributed by atoms with E-state index in [1.54, 1.807) is 0 Å². The van der Waals surface area contributed by atoms with Gasteiger partial charge in [0.05, 0.1) is 16.7 Å². The maximum absolute atomic E-state index is 11.3. The maximum atomic E-state index is 11.3. The van der Waals surface area contributed by atoms with Gasteiger partial charge in [-0.3, -0.25) is 4.79 Å². The van der Waals surface area contributed by atoms with Crippen LogP contribution in [0.15, 0.2) is 23.3 Å². The molecule has 1 amide bonds. The Bertz CT molecular complexity index is 703. The van der Waals surface area contributed by atoms with Gasteiger partial charge in [-0.1, -0.05) is 13.0 Å². The summed E-state index contributed by atoms with van der Waals surface area (Å²) in [5, 5.41) is 4.19. The molecule has 6 nitrogen and oxygen atoms in total. The molecule has 6 heteroatoms. The molecule has 21 heavy (non-hydrogen) atoms. The fraction of sp³-hybridized carbons (Fsp3) is 0.400. The van der Waals surface area contributed by atoms with Crippen molar-refractivity contribution in [1.29, 1.82) is 0 Å². The van der Waals surface area contributed by atoms with Gasteiger partial charge < -0.3 is 10.7 Å². The summed E-state index contributed by atoms with van der Waals surface area (Å²) in [5.74, 6) is 1.04. The minimum absolute atomic E-state index is 0.0313. The molecular formula is C15H19N5O. The molecule has 0 bridgehead atoms. The average Bonchev–Trinajstić information content (AvgIpc) is 2.87. The fourth-order valence-corrected chi connectivity index (χ4v) is 2.61. The second-order valence-electron chi connectivity index (χ2n) is 5.44. The van der Waals surface area contributed by atoms with Crippen molar-refractivity contribution in [3.8, 4) is 0 Å². The van der Waals surface area contributed by atoms with Gasteiger partial charge in [0.25, 0.3) is 0 Å². The molecule has 1 aliphatic heterocycles. The van der Waals surface area contributed by atoms with Gasteiger partial charge in [0, 0.05) is 24.3 Å². The first-order valence-electron chi connectivity index (χ1n) is 7.23. The summed E-state index contributed by atoms with van der Waals surface area (Å²) in [6.07, 6.45) is 2.25. The third-order valence-electron chi connectivity index (χ3n) is 3.70. The summed E-state index contributed by atoms with van der Waals surface area (Å²) < 4.78 is 0. The molecule has 1 aromatic carbocycles. The van der Waals surface area contributed by atoms with E-state index in [1.807, 2.05) is 25.1 Å². The molecule has 0 fully saturated rings. The van der Waals surface area contributed by atoms with Crippen molar-refractivity contribution in [3.05, 3.63) is 29.6 Å². The number of nitrogens with one attached hydrogen (secondary N) is 2. The predicted octanol–water partition coefficient (Wildman–Crippen LogP) is 1.31. The number of aryl methyl sites for hydroxylation is 1. The van der Waals surface area contributed by atoms with Gasteiger partial charge in [-0.2, -0.15) is 5.10 Å². The molecule has 1 aliphatic rings.